The summed E-state index contributed by atoms with van der Waals surface area (Å²) in [6.45, 7) is 1.99. The van der Waals surface area contributed by atoms with Crippen LogP contribution in [0, 0.1) is 6.92 Å². The Bertz CT molecular complexity index is 514. The standard InChI is InChI=1S/C12H12N2OS/c1-8-7-10(13-14-12(8)16-2)9-5-3-4-6-11(9)15/h3-7,15H,1-2H3. The summed E-state index contributed by atoms with van der Waals surface area (Å²) in [4.78, 5) is 0. The molecule has 0 aliphatic heterocycles. The minimum Gasteiger partial charge on any atom is -0.507 e. The Kier molecular flexibility index (Phi) is 3.10. The minimum atomic E-state index is 0.230. The van der Waals surface area contributed by atoms with Gasteiger partial charge in [-0.1, -0.05) is 12.1 Å². The van der Waals surface area contributed by atoms with E-state index >= 15 is 0 Å². The van der Waals surface area contributed by atoms with Crippen LogP contribution in [-0.4, -0.2) is 21.6 Å². The van der Waals surface area contributed by atoms with E-state index in [1.165, 1.54) is 0 Å². The molecule has 2 rings (SSSR count). The third-order valence-corrected chi connectivity index (χ3v) is 3.10. The molecule has 1 heterocycles. The van der Waals surface area contributed by atoms with Crippen LogP contribution in [0.2, 0.25) is 0 Å². The van der Waals surface area contributed by atoms with Crippen molar-refractivity contribution >= 4 is 11.8 Å². The van der Waals surface area contributed by atoms with Gasteiger partial charge in [0.1, 0.15) is 10.8 Å². The quantitative estimate of drug-likeness (QED) is 0.809. The molecule has 3 nitrogen and oxygen atoms in total. The molecule has 0 amide bonds. The lowest BCUT2D eigenvalue weighted by atomic mass is 10.1. The maximum Gasteiger partial charge on any atom is 0.125 e. The molecule has 16 heavy (non-hydrogen) atoms. The van der Waals surface area contributed by atoms with Gasteiger partial charge in [-0.2, -0.15) is 0 Å². The summed E-state index contributed by atoms with van der Waals surface area (Å²) in [6.07, 6.45) is 1.97. The number of benzene rings is 1. The summed E-state index contributed by atoms with van der Waals surface area (Å²) >= 11 is 1.57. The molecule has 0 aliphatic carbocycles. The second-order valence-electron chi connectivity index (χ2n) is 3.44. The zero-order valence-electron chi connectivity index (χ0n) is 9.14. The van der Waals surface area contributed by atoms with E-state index in [0.29, 0.717) is 11.3 Å². The van der Waals surface area contributed by atoms with E-state index in [1.54, 1.807) is 23.9 Å². The maximum atomic E-state index is 9.71. The first-order valence-electron chi connectivity index (χ1n) is 4.89. The summed E-state index contributed by atoms with van der Waals surface area (Å²) < 4.78 is 0. The molecule has 82 valence electrons. The third-order valence-electron chi connectivity index (χ3n) is 2.31. The number of aromatic hydroxyl groups is 1. The van der Waals surface area contributed by atoms with Crippen LogP contribution in [0.4, 0.5) is 0 Å². The number of phenols is 1. The van der Waals surface area contributed by atoms with Gasteiger partial charge < -0.3 is 5.11 Å². The van der Waals surface area contributed by atoms with Crippen molar-refractivity contribution in [2.24, 2.45) is 0 Å². The van der Waals surface area contributed by atoms with Crippen molar-refractivity contribution in [1.82, 2.24) is 10.2 Å². The van der Waals surface area contributed by atoms with Crippen LogP contribution in [0.25, 0.3) is 11.3 Å². The van der Waals surface area contributed by atoms with Gasteiger partial charge in [0, 0.05) is 5.56 Å². The molecule has 0 atom stereocenters. The van der Waals surface area contributed by atoms with Crippen LogP contribution in [0.5, 0.6) is 5.75 Å². The smallest absolute Gasteiger partial charge is 0.125 e. The van der Waals surface area contributed by atoms with Crippen molar-refractivity contribution < 1.29 is 5.11 Å². The van der Waals surface area contributed by atoms with Crippen molar-refractivity contribution in [3.63, 3.8) is 0 Å². The summed E-state index contributed by atoms with van der Waals surface area (Å²) in [6, 6.07) is 9.07. The Morgan fingerprint density at radius 2 is 1.94 bits per heavy atom. The number of phenolic OH excluding ortho intramolecular Hbond substituents is 1. The third kappa shape index (κ3) is 2.02. The summed E-state index contributed by atoms with van der Waals surface area (Å²) in [5.74, 6) is 0.230. The minimum absolute atomic E-state index is 0.230. The summed E-state index contributed by atoms with van der Waals surface area (Å²) in [5.41, 5.74) is 2.49. The fourth-order valence-electron chi connectivity index (χ4n) is 1.50. The van der Waals surface area contributed by atoms with Crippen LogP contribution >= 0.6 is 11.8 Å². The van der Waals surface area contributed by atoms with E-state index in [0.717, 1.165) is 10.6 Å². The fraction of sp³-hybridized carbons (Fsp3) is 0.167. The van der Waals surface area contributed by atoms with Crippen molar-refractivity contribution in [1.29, 1.82) is 0 Å². The zero-order chi connectivity index (χ0) is 11.5. The number of hydrogen-bond donors (Lipinski definition) is 1. The first-order valence-corrected chi connectivity index (χ1v) is 6.11. The first kappa shape index (κ1) is 11.0. The predicted octanol–water partition coefficient (Wildman–Crippen LogP) is 2.88. The van der Waals surface area contributed by atoms with Gasteiger partial charge in [0.2, 0.25) is 0 Å². The first-order chi connectivity index (χ1) is 7.72. The Labute approximate surface area is 98.5 Å². The van der Waals surface area contributed by atoms with Gasteiger partial charge in [-0.15, -0.1) is 22.0 Å². The second kappa shape index (κ2) is 4.53. The molecule has 0 saturated carbocycles. The van der Waals surface area contributed by atoms with E-state index in [2.05, 4.69) is 10.2 Å². The van der Waals surface area contributed by atoms with Gasteiger partial charge in [-0.25, -0.2) is 0 Å². The average molecular weight is 232 g/mol. The molecule has 0 saturated heterocycles. The van der Waals surface area contributed by atoms with Gasteiger partial charge in [-0.3, -0.25) is 0 Å². The normalized spacial score (nSPS) is 10.4. The Balaban J connectivity index is 2.50. The molecule has 0 unspecified atom stereocenters. The lowest BCUT2D eigenvalue weighted by Crippen LogP contribution is -1.93. The highest BCUT2D eigenvalue weighted by Gasteiger charge is 2.07. The number of aromatic nitrogens is 2. The highest BCUT2D eigenvalue weighted by Crippen LogP contribution is 2.28. The van der Waals surface area contributed by atoms with E-state index in [4.69, 9.17) is 0 Å². The SMILES string of the molecule is CSc1nnc(-c2ccccc2O)cc1C. The predicted molar refractivity (Wildman–Crippen MR) is 65.7 cm³/mol. The molecule has 0 bridgehead atoms. The van der Waals surface area contributed by atoms with E-state index in [1.807, 2.05) is 31.4 Å². The highest BCUT2D eigenvalue weighted by atomic mass is 32.2. The van der Waals surface area contributed by atoms with Crippen LogP contribution in [-0.2, 0) is 0 Å². The molecule has 1 aromatic heterocycles. The van der Waals surface area contributed by atoms with Crippen LogP contribution in [0.3, 0.4) is 0 Å². The molecule has 0 aliphatic rings. The van der Waals surface area contributed by atoms with Crippen LogP contribution < -0.4 is 0 Å². The Hall–Kier alpha value is -1.55. The Morgan fingerprint density at radius 1 is 1.19 bits per heavy atom. The number of hydrogen-bond acceptors (Lipinski definition) is 4. The monoisotopic (exact) mass is 232 g/mol. The maximum absolute atomic E-state index is 9.71. The van der Waals surface area contributed by atoms with Gasteiger partial charge in [-0.05, 0) is 36.9 Å². The van der Waals surface area contributed by atoms with Crippen LogP contribution in [0.1, 0.15) is 5.56 Å². The number of rotatable bonds is 2. The molecule has 1 N–H and O–H groups in total. The van der Waals surface area contributed by atoms with Crippen molar-refractivity contribution in [2.75, 3.05) is 6.26 Å². The van der Waals surface area contributed by atoms with Gasteiger partial charge in [0.25, 0.3) is 0 Å². The summed E-state index contributed by atoms with van der Waals surface area (Å²) in [5, 5.41) is 18.9. The van der Waals surface area contributed by atoms with E-state index in [-0.39, 0.29) is 5.75 Å². The highest BCUT2D eigenvalue weighted by molar-refractivity contribution is 7.98. The number of para-hydroxylation sites is 1. The molecule has 0 spiro atoms. The zero-order valence-corrected chi connectivity index (χ0v) is 9.95. The molecule has 2 aromatic rings. The van der Waals surface area contributed by atoms with Gasteiger partial charge in [0.05, 0.1) is 5.69 Å². The molecular weight excluding hydrogens is 220 g/mol. The lowest BCUT2D eigenvalue weighted by molar-refractivity contribution is 0.477. The lowest BCUT2D eigenvalue weighted by Gasteiger charge is -2.05. The van der Waals surface area contributed by atoms with Crippen molar-refractivity contribution in [3.8, 4) is 17.0 Å². The van der Waals surface area contributed by atoms with Crippen LogP contribution in [0.15, 0.2) is 35.4 Å². The molecule has 1 aromatic carbocycles. The topological polar surface area (TPSA) is 46.0 Å². The molecule has 4 heteroatoms. The van der Waals surface area contributed by atoms with Crippen molar-refractivity contribution in [2.45, 2.75) is 11.9 Å². The number of aryl methyl sites for hydroxylation is 1. The molecule has 0 radical (unpaired) electrons. The largest absolute Gasteiger partial charge is 0.507 e. The van der Waals surface area contributed by atoms with E-state index < -0.39 is 0 Å². The Morgan fingerprint density at radius 3 is 2.56 bits per heavy atom. The summed E-state index contributed by atoms with van der Waals surface area (Å²) in [7, 11) is 0. The average Bonchev–Trinajstić information content (AvgIpc) is 2.29. The molecular formula is C12H12N2OS. The van der Waals surface area contributed by atoms with Gasteiger partial charge >= 0.3 is 0 Å². The number of thioether (sulfide) groups is 1. The second-order valence-corrected chi connectivity index (χ2v) is 4.23. The van der Waals surface area contributed by atoms with Crippen molar-refractivity contribution in [3.05, 3.63) is 35.9 Å². The fourth-order valence-corrected chi connectivity index (χ4v) is 2.00. The number of nitrogens with zero attached hydrogens (tertiary/aromatic N) is 2. The van der Waals surface area contributed by atoms with Gasteiger partial charge in [0.15, 0.2) is 0 Å². The molecule has 0 fully saturated rings. The van der Waals surface area contributed by atoms with E-state index in [9.17, 15) is 5.11 Å².